The molecule has 0 aromatic carbocycles. The largest absolute Gasteiger partial charge is 0.471 e. The van der Waals surface area contributed by atoms with E-state index in [2.05, 4.69) is 26.3 Å². The summed E-state index contributed by atoms with van der Waals surface area (Å²) in [5, 5.41) is 0. The first-order valence-electron chi connectivity index (χ1n) is 3.84. The van der Waals surface area contributed by atoms with E-state index in [4.69, 9.17) is 4.74 Å². The molecule has 0 aromatic heterocycles. The molecule has 0 saturated carbocycles. The summed E-state index contributed by atoms with van der Waals surface area (Å²) in [5.74, 6) is 0. The average Bonchev–Trinajstić information content (AvgIpc) is 2.19. The standard InChI is InChI=1S/C12H14O/c1-5-11(6-2)9-13-10-12(7-3)8-4/h5-10H,1-4H2. The Bertz CT molecular complexity index is 219. The first-order valence-corrected chi connectivity index (χ1v) is 3.84. The van der Waals surface area contributed by atoms with Crippen LogP contribution in [-0.2, 0) is 4.74 Å². The number of ether oxygens (including phenoxy) is 1. The van der Waals surface area contributed by atoms with Gasteiger partial charge in [0.1, 0.15) is 0 Å². The predicted octanol–water partition coefficient (Wildman–Crippen LogP) is 3.51. The lowest BCUT2D eigenvalue weighted by Crippen LogP contribution is -1.75. The van der Waals surface area contributed by atoms with Crippen LogP contribution in [0.25, 0.3) is 0 Å². The molecule has 0 aliphatic rings. The van der Waals surface area contributed by atoms with Crippen molar-refractivity contribution in [3.63, 3.8) is 0 Å². The number of hydrogen-bond donors (Lipinski definition) is 0. The van der Waals surface area contributed by atoms with Gasteiger partial charge in [-0.2, -0.15) is 0 Å². The van der Waals surface area contributed by atoms with Crippen LogP contribution < -0.4 is 0 Å². The van der Waals surface area contributed by atoms with Gasteiger partial charge >= 0.3 is 0 Å². The zero-order valence-corrected chi connectivity index (χ0v) is 7.70. The molecule has 0 bridgehead atoms. The van der Waals surface area contributed by atoms with Crippen molar-refractivity contribution >= 4 is 0 Å². The minimum atomic E-state index is 0.823. The molecule has 13 heavy (non-hydrogen) atoms. The summed E-state index contributed by atoms with van der Waals surface area (Å²) in [6.07, 6.45) is 9.72. The summed E-state index contributed by atoms with van der Waals surface area (Å²) in [5.41, 5.74) is 1.65. The van der Waals surface area contributed by atoms with E-state index >= 15 is 0 Å². The highest BCUT2D eigenvalue weighted by Crippen LogP contribution is 2.01. The van der Waals surface area contributed by atoms with Crippen molar-refractivity contribution in [1.29, 1.82) is 0 Å². The van der Waals surface area contributed by atoms with Gasteiger partial charge in [0.05, 0.1) is 12.5 Å². The molecule has 0 N–H and O–H groups in total. The lowest BCUT2D eigenvalue weighted by atomic mass is 10.3. The fourth-order valence-corrected chi connectivity index (χ4v) is 0.550. The van der Waals surface area contributed by atoms with Crippen molar-refractivity contribution in [3.8, 4) is 0 Å². The molecule has 0 atom stereocenters. The van der Waals surface area contributed by atoms with E-state index in [0.717, 1.165) is 11.1 Å². The SMILES string of the molecule is C=CC(C=C)=COC=C(C=C)C=C. The fraction of sp³-hybridized carbons (Fsp3) is 0. The molecular formula is C12H14O. The summed E-state index contributed by atoms with van der Waals surface area (Å²) in [7, 11) is 0. The zero-order valence-electron chi connectivity index (χ0n) is 7.70. The molecule has 0 aliphatic carbocycles. The topological polar surface area (TPSA) is 9.23 Å². The Labute approximate surface area is 79.7 Å². The maximum Gasteiger partial charge on any atom is 0.0973 e. The smallest absolute Gasteiger partial charge is 0.0973 e. The summed E-state index contributed by atoms with van der Waals surface area (Å²) in [6.45, 7) is 14.4. The second-order valence-corrected chi connectivity index (χ2v) is 2.19. The van der Waals surface area contributed by atoms with E-state index in [1.807, 2.05) is 0 Å². The minimum Gasteiger partial charge on any atom is -0.471 e. The summed E-state index contributed by atoms with van der Waals surface area (Å²) < 4.78 is 5.11. The van der Waals surface area contributed by atoms with Crippen molar-refractivity contribution in [2.24, 2.45) is 0 Å². The predicted molar refractivity (Wildman–Crippen MR) is 58.0 cm³/mol. The van der Waals surface area contributed by atoms with E-state index in [0.29, 0.717) is 0 Å². The van der Waals surface area contributed by atoms with Gasteiger partial charge in [-0.25, -0.2) is 0 Å². The molecule has 0 radical (unpaired) electrons. The minimum absolute atomic E-state index is 0.823. The van der Waals surface area contributed by atoms with E-state index < -0.39 is 0 Å². The molecule has 0 rings (SSSR count). The Morgan fingerprint density at radius 3 is 1.23 bits per heavy atom. The second kappa shape index (κ2) is 6.92. The quantitative estimate of drug-likeness (QED) is 0.442. The van der Waals surface area contributed by atoms with E-state index in [-0.39, 0.29) is 0 Å². The third kappa shape index (κ3) is 4.64. The van der Waals surface area contributed by atoms with Gasteiger partial charge in [-0.1, -0.05) is 50.6 Å². The lowest BCUT2D eigenvalue weighted by Gasteiger charge is -1.95. The van der Waals surface area contributed by atoms with Gasteiger partial charge in [-0.3, -0.25) is 0 Å². The Kier molecular flexibility index (Phi) is 5.98. The first-order chi connectivity index (χ1) is 6.28. The number of hydrogen-bond acceptors (Lipinski definition) is 1. The molecular weight excluding hydrogens is 160 g/mol. The van der Waals surface area contributed by atoms with Crippen molar-refractivity contribution in [3.05, 3.63) is 74.3 Å². The Hall–Kier alpha value is -1.76. The third-order valence-corrected chi connectivity index (χ3v) is 1.35. The Morgan fingerprint density at radius 1 is 0.692 bits per heavy atom. The van der Waals surface area contributed by atoms with Crippen molar-refractivity contribution in [1.82, 2.24) is 0 Å². The van der Waals surface area contributed by atoms with Gasteiger partial charge in [0.25, 0.3) is 0 Å². The Morgan fingerprint density at radius 2 is 1.00 bits per heavy atom. The lowest BCUT2D eigenvalue weighted by molar-refractivity contribution is 0.398. The van der Waals surface area contributed by atoms with Gasteiger partial charge in [-0.15, -0.1) is 0 Å². The van der Waals surface area contributed by atoms with Gasteiger partial charge in [0, 0.05) is 11.1 Å². The third-order valence-electron chi connectivity index (χ3n) is 1.35. The molecule has 1 heteroatoms. The monoisotopic (exact) mass is 174 g/mol. The molecule has 0 spiro atoms. The molecule has 1 nitrogen and oxygen atoms in total. The van der Waals surface area contributed by atoms with Crippen LogP contribution in [0.2, 0.25) is 0 Å². The van der Waals surface area contributed by atoms with E-state index in [9.17, 15) is 0 Å². The van der Waals surface area contributed by atoms with Crippen LogP contribution in [0.15, 0.2) is 74.3 Å². The average molecular weight is 174 g/mol. The van der Waals surface area contributed by atoms with Crippen LogP contribution in [0.4, 0.5) is 0 Å². The molecule has 0 heterocycles. The molecule has 0 aromatic rings. The molecule has 0 fully saturated rings. The summed E-state index contributed by atoms with van der Waals surface area (Å²) in [6, 6.07) is 0. The molecule has 68 valence electrons. The molecule has 0 amide bonds. The molecule has 0 aliphatic heterocycles. The van der Waals surface area contributed by atoms with Crippen molar-refractivity contribution in [2.75, 3.05) is 0 Å². The fourth-order valence-electron chi connectivity index (χ4n) is 0.550. The summed E-state index contributed by atoms with van der Waals surface area (Å²) >= 11 is 0. The van der Waals surface area contributed by atoms with Crippen LogP contribution in [0, 0.1) is 0 Å². The van der Waals surface area contributed by atoms with Crippen molar-refractivity contribution < 1.29 is 4.74 Å². The zero-order chi connectivity index (χ0) is 10.1. The van der Waals surface area contributed by atoms with Crippen LogP contribution in [0.1, 0.15) is 0 Å². The van der Waals surface area contributed by atoms with Gasteiger partial charge < -0.3 is 4.74 Å². The highest BCUT2D eigenvalue weighted by atomic mass is 16.5. The maximum atomic E-state index is 5.11. The highest BCUT2D eigenvalue weighted by molar-refractivity contribution is 5.27. The van der Waals surface area contributed by atoms with Gasteiger partial charge in [0.15, 0.2) is 0 Å². The molecule has 0 unspecified atom stereocenters. The number of rotatable bonds is 6. The van der Waals surface area contributed by atoms with E-state index in [1.165, 1.54) is 0 Å². The Balaban J connectivity index is 4.30. The highest BCUT2D eigenvalue weighted by Gasteiger charge is 1.83. The van der Waals surface area contributed by atoms with Crippen LogP contribution in [-0.4, -0.2) is 0 Å². The normalized spacial score (nSPS) is 7.69. The molecule has 0 saturated heterocycles. The summed E-state index contributed by atoms with van der Waals surface area (Å²) in [4.78, 5) is 0. The van der Waals surface area contributed by atoms with Crippen molar-refractivity contribution in [2.45, 2.75) is 0 Å². The van der Waals surface area contributed by atoms with E-state index in [1.54, 1.807) is 36.8 Å². The maximum absolute atomic E-state index is 5.11. The van der Waals surface area contributed by atoms with Gasteiger partial charge in [-0.05, 0) is 0 Å². The van der Waals surface area contributed by atoms with Crippen LogP contribution in [0.5, 0.6) is 0 Å². The van der Waals surface area contributed by atoms with Gasteiger partial charge in [0.2, 0.25) is 0 Å². The first kappa shape index (κ1) is 11.2. The second-order valence-electron chi connectivity index (χ2n) is 2.19. The van der Waals surface area contributed by atoms with Crippen LogP contribution in [0.3, 0.4) is 0 Å². The van der Waals surface area contributed by atoms with Crippen LogP contribution >= 0.6 is 0 Å². The number of allylic oxidation sites excluding steroid dienone is 6.